The molecule has 0 saturated carbocycles. The Labute approximate surface area is 127 Å². The van der Waals surface area contributed by atoms with Crippen LogP contribution in [-0.4, -0.2) is 54.8 Å². The molecule has 1 aromatic heterocycles. The number of nitrogens with zero attached hydrogens (tertiary/aromatic N) is 2. The number of hydrogen-bond acceptors (Lipinski definition) is 5. The standard InChI is InChI=1S/C15H19N3O4/c19-14(16-5-6-17-7-9-21-10-8-17)11-18-12-3-1-2-4-13(12)22-15(18)20/h1-4H,5-11H2,(H,16,19). The number of rotatable bonds is 5. The molecule has 1 saturated heterocycles. The van der Waals surface area contributed by atoms with E-state index in [1.165, 1.54) is 4.57 Å². The summed E-state index contributed by atoms with van der Waals surface area (Å²) in [4.78, 5) is 26.0. The molecule has 118 valence electrons. The number of aromatic nitrogens is 1. The number of para-hydroxylation sites is 2. The smallest absolute Gasteiger partial charge is 0.408 e. The lowest BCUT2D eigenvalue weighted by molar-refractivity contribution is -0.121. The molecule has 0 unspecified atom stereocenters. The lowest BCUT2D eigenvalue weighted by atomic mass is 10.3. The van der Waals surface area contributed by atoms with Gasteiger partial charge in [0.2, 0.25) is 5.91 Å². The van der Waals surface area contributed by atoms with Gasteiger partial charge in [0.25, 0.3) is 0 Å². The van der Waals surface area contributed by atoms with Gasteiger partial charge in [-0.1, -0.05) is 12.1 Å². The molecule has 3 rings (SSSR count). The SMILES string of the molecule is O=C(Cn1c(=O)oc2ccccc21)NCCN1CCOCC1. The molecule has 0 atom stereocenters. The lowest BCUT2D eigenvalue weighted by Gasteiger charge is -2.26. The van der Waals surface area contributed by atoms with Crippen LogP contribution in [0.5, 0.6) is 0 Å². The minimum absolute atomic E-state index is 0.0288. The fourth-order valence-electron chi connectivity index (χ4n) is 2.54. The van der Waals surface area contributed by atoms with Gasteiger partial charge in [0.15, 0.2) is 5.58 Å². The zero-order chi connectivity index (χ0) is 15.4. The molecule has 22 heavy (non-hydrogen) atoms. The second kappa shape index (κ2) is 6.76. The Kier molecular flexibility index (Phi) is 4.55. The molecule has 7 heteroatoms. The van der Waals surface area contributed by atoms with E-state index in [0.29, 0.717) is 17.6 Å². The highest BCUT2D eigenvalue weighted by molar-refractivity contribution is 5.79. The van der Waals surface area contributed by atoms with Crippen molar-refractivity contribution in [1.82, 2.24) is 14.8 Å². The molecule has 1 aliphatic rings. The van der Waals surface area contributed by atoms with E-state index in [0.717, 1.165) is 32.8 Å². The van der Waals surface area contributed by atoms with Crippen molar-refractivity contribution in [3.63, 3.8) is 0 Å². The van der Waals surface area contributed by atoms with Crippen molar-refractivity contribution in [3.05, 3.63) is 34.8 Å². The second-order valence-electron chi connectivity index (χ2n) is 5.23. The van der Waals surface area contributed by atoms with E-state index < -0.39 is 5.76 Å². The first-order valence-electron chi connectivity index (χ1n) is 7.39. The molecular weight excluding hydrogens is 286 g/mol. The van der Waals surface area contributed by atoms with Gasteiger partial charge in [-0.2, -0.15) is 0 Å². The van der Waals surface area contributed by atoms with Crippen molar-refractivity contribution in [3.8, 4) is 0 Å². The van der Waals surface area contributed by atoms with E-state index in [9.17, 15) is 9.59 Å². The van der Waals surface area contributed by atoms with Gasteiger partial charge in [-0.05, 0) is 12.1 Å². The van der Waals surface area contributed by atoms with Crippen LogP contribution in [0.2, 0.25) is 0 Å². The fourth-order valence-corrected chi connectivity index (χ4v) is 2.54. The molecule has 1 amide bonds. The Balaban J connectivity index is 1.54. The number of hydrogen-bond donors (Lipinski definition) is 1. The number of amides is 1. The van der Waals surface area contributed by atoms with Gasteiger partial charge < -0.3 is 14.5 Å². The molecular formula is C15H19N3O4. The van der Waals surface area contributed by atoms with Gasteiger partial charge in [0, 0.05) is 26.2 Å². The van der Waals surface area contributed by atoms with E-state index >= 15 is 0 Å². The molecule has 0 aliphatic carbocycles. The predicted molar refractivity (Wildman–Crippen MR) is 80.7 cm³/mol. The van der Waals surface area contributed by atoms with Crippen molar-refractivity contribution in [2.45, 2.75) is 6.54 Å². The van der Waals surface area contributed by atoms with Gasteiger partial charge in [0.05, 0.1) is 18.7 Å². The third-order valence-corrected chi connectivity index (χ3v) is 3.73. The summed E-state index contributed by atoms with van der Waals surface area (Å²) in [7, 11) is 0. The van der Waals surface area contributed by atoms with Crippen LogP contribution >= 0.6 is 0 Å². The van der Waals surface area contributed by atoms with Crippen LogP contribution in [0.4, 0.5) is 0 Å². The first-order chi connectivity index (χ1) is 10.7. The average molecular weight is 305 g/mol. The van der Waals surface area contributed by atoms with E-state index in [1.54, 1.807) is 18.2 Å². The van der Waals surface area contributed by atoms with Crippen LogP contribution in [0.1, 0.15) is 0 Å². The molecule has 7 nitrogen and oxygen atoms in total. The van der Waals surface area contributed by atoms with Gasteiger partial charge in [-0.15, -0.1) is 0 Å². The maximum absolute atomic E-state index is 12.0. The molecule has 0 spiro atoms. The molecule has 2 aromatic rings. The average Bonchev–Trinajstić information content (AvgIpc) is 2.84. The Bertz CT molecular complexity index is 700. The number of nitrogens with one attached hydrogen (secondary N) is 1. The number of carbonyl (C=O) groups is 1. The van der Waals surface area contributed by atoms with Crippen molar-refractivity contribution in [2.24, 2.45) is 0 Å². The first-order valence-corrected chi connectivity index (χ1v) is 7.39. The minimum atomic E-state index is -0.510. The summed E-state index contributed by atoms with van der Waals surface area (Å²) in [6.07, 6.45) is 0. The summed E-state index contributed by atoms with van der Waals surface area (Å²) < 4.78 is 11.7. The first kappa shape index (κ1) is 14.8. The highest BCUT2D eigenvalue weighted by Crippen LogP contribution is 2.11. The number of morpholine rings is 1. The summed E-state index contributed by atoms with van der Waals surface area (Å²) in [5, 5.41) is 2.84. The molecule has 1 aromatic carbocycles. The minimum Gasteiger partial charge on any atom is -0.408 e. The summed E-state index contributed by atoms with van der Waals surface area (Å²) in [6.45, 7) is 4.58. The van der Waals surface area contributed by atoms with Crippen LogP contribution in [0.3, 0.4) is 0 Å². The summed E-state index contributed by atoms with van der Waals surface area (Å²) in [5.74, 6) is -0.702. The maximum Gasteiger partial charge on any atom is 0.420 e. The zero-order valence-electron chi connectivity index (χ0n) is 12.3. The molecule has 0 radical (unpaired) electrons. The molecule has 0 bridgehead atoms. The van der Waals surface area contributed by atoms with Crippen LogP contribution in [0.25, 0.3) is 11.1 Å². The third-order valence-electron chi connectivity index (χ3n) is 3.73. The number of fused-ring (bicyclic) bond motifs is 1. The van der Waals surface area contributed by atoms with Crippen LogP contribution < -0.4 is 11.1 Å². The Hall–Kier alpha value is -2.12. The fraction of sp³-hybridized carbons (Fsp3) is 0.467. The Morgan fingerprint density at radius 3 is 2.82 bits per heavy atom. The van der Waals surface area contributed by atoms with Crippen molar-refractivity contribution in [2.75, 3.05) is 39.4 Å². The van der Waals surface area contributed by atoms with E-state index in [1.807, 2.05) is 6.07 Å². The van der Waals surface area contributed by atoms with Crippen molar-refractivity contribution < 1.29 is 13.9 Å². The number of oxazole rings is 1. The quantitative estimate of drug-likeness (QED) is 0.844. The van der Waals surface area contributed by atoms with Crippen LogP contribution in [0.15, 0.2) is 33.5 Å². The summed E-state index contributed by atoms with van der Waals surface area (Å²) in [6, 6.07) is 7.08. The summed E-state index contributed by atoms with van der Waals surface area (Å²) in [5.41, 5.74) is 1.13. The van der Waals surface area contributed by atoms with Gasteiger partial charge >= 0.3 is 5.76 Å². The lowest BCUT2D eigenvalue weighted by Crippen LogP contribution is -2.42. The van der Waals surface area contributed by atoms with Crippen molar-refractivity contribution in [1.29, 1.82) is 0 Å². The van der Waals surface area contributed by atoms with Gasteiger partial charge in [0.1, 0.15) is 6.54 Å². The zero-order valence-corrected chi connectivity index (χ0v) is 12.3. The largest absolute Gasteiger partial charge is 0.420 e. The highest BCUT2D eigenvalue weighted by atomic mass is 16.5. The maximum atomic E-state index is 12.0. The van der Waals surface area contributed by atoms with E-state index in [2.05, 4.69) is 10.2 Å². The predicted octanol–water partition coefficient (Wildman–Crippen LogP) is 0.0429. The van der Waals surface area contributed by atoms with E-state index in [4.69, 9.17) is 9.15 Å². The number of benzene rings is 1. The topological polar surface area (TPSA) is 76.7 Å². The Morgan fingerprint density at radius 2 is 2.00 bits per heavy atom. The number of ether oxygens (including phenoxy) is 1. The van der Waals surface area contributed by atoms with Gasteiger partial charge in [-0.3, -0.25) is 14.3 Å². The van der Waals surface area contributed by atoms with Crippen molar-refractivity contribution >= 4 is 17.0 Å². The Morgan fingerprint density at radius 1 is 1.23 bits per heavy atom. The molecule has 1 N–H and O–H groups in total. The molecule has 1 aliphatic heterocycles. The molecule has 2 heterocycles. The molecule has 1 fully saturated rings. The normalized spacial score (nSPS) is 16.0. The third kappa shape index (κ3) is 3.37. The summed E-state index contributed by atoms with van der Waals surface area (Å²) >= 11 is 0. The van der Waals surface area contributed by atoms with Gasteiger partial charge in [-0.25, -0.2) is 4.79 Å². The highest BCUT2D eigenvalue weighted by Gasteiger charge is 2.13. The number of carbonyl (C=O) groups excluding carboxylic acids is 1. The van der Waals surface area contributed by atoms with Crippen LogP contribution in [-0.2, 0) is 16.1 Å². The van der Waals surface area contributed by atoms with Crippen LogP contribution in [0, 0.1) is 0 Å². The second-order valence-corrected chi connectivity index (χ2v) is 5.23. The monoisotopic (exact) mass is 305 g/mol. The van der Waals surface area contributed by atoms with E-state index in [-0.39, 0.29) is 12.5 Å².